The summed E-state index contributed by atoms with van der Waals surface area (Å²) >= 11 is 0. The molecule has 8 heteroatoms. The van der Waals surface area contributed by atoms with Gasteiger partial charge in [-0.05, 0) is 25.5 Å². The Bertz CT molecular complexity index is 794. The van der Waals surface area contributed by atoms with Crippen molar-refractivity contribution in [2.75, 3.05) is 13.7 Å². The Hall–Kier alpha value is -2.61. The number of ether oxygens (including phenoxy) is 1. The maximum atomic E-state index is 13.0. The lowest BCUT2D eigenvalue weighted by molar-refractivity contribution is -0.735. The minimum Gasteiger partial charge on any atom is -0.544 e. The molecule has 3 N–H and O–H groups in total. The van der Waals surface area contributed by atoms with Crippen LogP contribution in [0.15, 0.2) is 18.2 Å². The van der Waals surface area contributed by atoms with Crippen LogP contribution in [0.4, 0.5) is 0 Å². The normalized spacial score (nSPS) is 29.9. The number of nitrogens with two attached hydrogens (primary N) is 1. The van der Waals surface area contributed by atoms with Gasteiger partial charge in [0.1, 0.15) is 40.9 Å². The summed E-state index contributed by atoms with van der Waals surface area (Å²) in [7, 11) is 1.46. The highest BCUT2D eigenvalue weighted by molar-refractivity contribution is 6.08. The zero-order valence-electron chi connectivity index (χ0n) is 15.6. The number of benzene rings is 1. The summed E-state index contributed by atoms with van der Waals surface area (Å²) < 4.78 is 5.07. The SMILES string of the molecule is CCCCN1C(=O)[C@H]2[C@@H](c3ccc(OC)cc3O)[NH2+][C@@](C)(C(=O)[O-])[C@@H]2C1=O. The van der Waals surface area contributed by atoms with Crippen LogP contribution in [-0.2, 0) is 14.4 Å². The topological polar surface area (TPSA) is 124 Å². The Morgan fingerprint density at radius 3 is 2.63 bits per heavy atom. The van der Waals surface area contributed by atoms with E-state index in [1.54, 1.807) is 12.1 Å². The number of likely N-dealkylation sites (tertiary alicyclic amines) is 1. The largest absolute Gasteiger partial charge is 0.544 e. The van der Waals surface area contributed by atoms with Gasteiger partial charge in [0.2, 0.25) is 11.8 Å². The van der Waals surface area contributed by atoms with Crippen molar-refractivity contribution in [3.8, 4) is 11.5 Å². The number of carboxylic acid groups (broad SMARTS) is 1. The predicted molar refractivity (Wildman–Crippen MR) is 91.3 cm³/mol. The molecule has 2 fully saturated rings. The van der Waals surface area contributed by atoms with E-state index in [-0.39, 0.29) is 18.2 Å². The summed E-state index contributed by atoms with van der Waals surface area (Å²) in [6.45, 7) is 3.63. The highest BCUT2D eigenvalue weighted by Gasteiger charge is 2.68. The third kappa shape index (κ3) is 2.84. The fourth-order valence-corrected chi connectivity index (χ4v) is 4.27. The quantitative estimate of drug-likeness (QED) is 0.609. The number of carbonyl (C=O) groups excluding carboxylic acids is 3. The second-order valence-electron chi connectivity index (χ2n) is 7.37. The Morgan fingerprint density at radius 1 is 1.37 bits per heavy atom. The zero-order valence-corrected chi connectivity index (χ0v) is 15.6. The number of fused-ring (bicyclic) bond motifs is 1. The fraction of sp³-hybridized carbons (Fsp3) is 0.526. The molecule has 0 bridgehead atoms. The second kappa shape index (κ2) is 6.84. The number of carbonyl (C=O) groups is 3. The molecule has 2 saturated heterocycles. The van der Waals surface area contributed by atoms with Gasteiger partial charge in [0.15, 0.2) is 0 Å². The van der Waals surface area contributed by atoms with Gasteiger partial charge in [-0.1, -0.05) is 13.3 Å². The van der Waals surface area contributed by atoms with Crippen molar-refractivity contribution in [3.63, 3.8) is 0 Å². The molecular weight excluding hydrogens is 352 g/mol. The second-order valence-corrected chi connectivity index (χ2v) is 7.37. The first kappa shape index (κ1) is 19.2. The van der Waals surface area contributed by atoms with Crippen molar-refractivity contribution in [1.29, 1.82) is 0 Å². The van der Waals surface area contributed by atoms with E-state index in [4.69, 9.17) is 4.74 Å². The first-order valence-corrected chi connectivity index (χ1v) is 9.05. The maximum absolute atomic E-state index is 13.0. The summed E-state index contributed by atoms with van der Waals surface area (Å²) in [5.41, 5.74) is -1.19. The first-order valence-electron chi connectivity index (χ1n) is 9.05. The van der Waals surface area contributed by atoms with E-state index in [1.165, 1.54) is 30.3 Å². The van der Waals surface area contributed by atoms with Gasteiger partial charge in [-0.25, -0.2) is 0 Å². The molecule has 0 radical (unpaired) electrons. The van der Waals surface area contributed by atoms with Gasteiger partial charge < -0.3 is 25.1 Å². The van der Waals surface area contributed by atoms with Crippen molar-refractivity contribution < 1.29 is 34.7 Å². The van der Waals surface area contributed by atoms with Crippen molar-refractivity contribution in [3.05, 3.63) is 23.8 Å². The number of aromatic hydroxyl groups is 1. The highest BCUT2D eigenvalue weighted by Crippen LogP contribution is 2.45. The predicted octanol–water partition coefficient (Wildman–Crippen LogP) is -1.07. The number of unbranched alkanes of at least 4 members (excludes halogenated alkanes) is 1. The van der Waals surface area contributed by atoms with Crippen molar-refractivity contribution in [2.24, 2.45) is 11.8 Å². The van der Waals surface area contributed by atoms with Crippen LogP contribution < -0.4 is 15.2 Å². The lowest BCUT2D eigenvalue weighted by Gasteiger charge is -2.29. The van der Waals surface area contributed by atoms with Crippen LogP contribution in [0.25, 0.3) is 0 Å². The molecular formula is C19H24N2O6. The number of carboxylic acids is 1. The van der Waals surface area contributed by atoms with Crippen LogP contribution >= 0.6 is 0 Å². The molecule has 1 aromatic rings. The summed E-state index contributed by atoms with van der Waals surface area (Å²) in [6.07, 6.45) is 1.46. The lowest BCUT2D eigenvalue weighted by atomic mass is 9.80. The number of amides is 2. The van der Waals surface area contributed by atoms with E-state index < -0.39 is 35.3 Å². The van der Waals surface area contributed by atoms with E-state index in [9.17, 15) is 24.6 Å². The summed E-state index contributed by atoms with van der Waals surface area (Å²) in [6, 6.07) is 3.93. The van der Waals surface area contributed by atoms with Gasteiger partial charge in [0, 0.05) is 12.6 Å². The molecule has 2 aliphatic heterocycles. The van der Waals surface area contributed by atoms with Crippen LogP contribution in [-0.4, -0.2) is 47.0 Å². The first-order chi connectivity index (χ1) is 12.8. The number of phenols is 1. The number of phenolic OH excluding ortho intramolecular Hbond substituents is 1. The molecule has 8 nitrogen and oxygen atoms in total. The number of aliphatic carboxylic acids is 1. The third-order valence-electron chi connectivity index (χ3n) is 5.77. The standard InChI is InChI=1S/C19H24N2O6/c1-4-5-8-21-16(23)13-14(17(21)24)19(2,18(25)26)20-15(13)11-7-6-10(27-3)9-12(11)22/h6-7,9,13-15,20,22H,4-5,8H2,1-3H3,(H,25,26)/t13-,14+,15-,19-/m1/s1. The lowest BCUT2D eigenvalue weighted by Crippen LogP contribution is -2.98. The van der Waals surface area contributed by atoms with Gasteiger partial charge in [-0.2, -0.15) is 0 Å². The fourth-order valence-electron chi connectivity index (χ4n) is 4.27. The number of rotatable bonds is 6. The Labute approximate surface area is 157 Å². The molecule has 1 aromatic carbocycles. The highest BCUT2D eigenvalue weighted by atomic mass is 16.5. The Balaban J connectivity index is 2.05. The number of methoxy groups -OCH3 is 1. The molecule has 146 valence electrons. The molecule has 0 aromatic heterocycles. The minimum atomic E-state index is -1.59. The van der Waals surface area contributed by atoms with E-state index in [1.807, 2.05) is 6.92 Å². The average Bonchev–Trinajstić information content (AvgIpc) is 3.08. The number of imide groups is 1. The molecule has 27 heavy (non-hydrogen) atoms. The molecule has 0 saturated carbocycles. The van der Waals surface area contributed by atoms with Gasteiger partial charge in [0.05, 0.1) is 12.7 Å². The minimum absolute atomic E-state index is 0.107. The van der Waals surface area contributed by atoms with E-state index in [2.05, 4.69) is 0 Å². The zero-order chi connectivity index (χ0) is 19.9. The van der Waals surface area contributed by atoms with Crippen LogP contribution in [0.3, 0.4) is 0 Å². The van der Waals surface area contributed by atoms with Crippen molar-refractivity contribution in [1.82, 2.24) is 4.90 Å². The molecule has 0 spiro atoms. The molecule has 4 atom stereocenters. The van der Waals surface area contributed by atoms with E-state index in [0.717, 1.165) is 6.42 Å². The van der Waals surface area contributed by atoms with Crippen molar-refractivity contribution in [2.45, 2.75) is 38.3 Å². The maximum Gasteiger partial charge on any atom is 0.240 e. The Morgan fingerprint density at radius 2 is 2.07 bits per heavy atom. The Kier molecular flexibility index (Phi) is 4.86. The summed E-state index contributed by atoms with van der Waals surface area (Å²) in [5, 5.41) is 23.8. The van der Waals surface area contributed by atoms with Gasteiger partial charge >= 0.3 is 0 Å². The summed E-state index contributed by atoms with van der Waals surface area (Å²) in [5.74, 6) is -3.82. The molecule has 0 aliphatic carbocycles. The number of quaternary nitrogens is 1. The number of hydrogen-bond acceptors (Lipinski definition) is 6. The molecule has 2 aliphatic rings. The van der Waals surface area contributed by atoms with E-state index in [0.29, 0.717) is 17.7 Å². The van der Waals surface area contributed by atoms with Crippen LogP contribution in [0.5, 0.6) is 11.5 Å². The molecule has 3 rings (SSSR count). The monoisotopic (exact) mass is 376 g/mol. The van der Waals surface area contributed by atoms with E-state index >= 15 is 0 Å². The van der Waals surface area contributed by atoms with Crippen LogP contribution in [0.2, 0.25) is 0 Å². The smallest absolute Gasteiger partial charge is 0.240 e. The van der Waals surface area contributed by atoms with Gasteiger partial charge in [0.25, 0.3) is 0 Å². The van der Waals surface area contributed by atoms with Crippen LogP contribution in [0.1, 0.15) is 38.3 Å². The van der Waals surface area contributed by atoms with Crippen molar-refractivity contribution >= 4 is 17.8 Å². The average molecular weight is 376 g/mol. The van der Waals surface area contributed by atoms with Gasteiger partial charge in [-0.3, -0.25) is 14.5 Å². The molecule has 0 unspecified atom stereocenters. The third-order valence-corrected chi connectivity index (χ3v) is 5.77. The number of nitrogens with zero attached hydrogens (tertiary/aromatic N) is 1. The molecule has 2 heterocycles. The van der Waals surface area contributed by atoms with Gasteiger partial charge in [-0.15, -0.1) is 0 Å². The number of hydrogen-bond donors (Lipinski definition) is 2. The molecule has 2 amide bonds. The van der Waals surface area contributed by atoms with Crippen LogP contribution in [0, 0.1) is 11.8 Å². The summed E-state index contributed by atoms with van der Waals surface area (Å²) in [4.78, 5) is 39.0.